The molecule has 0 fully saturated rings. The molecule has 0 aliphatic rings. The molecule has 4 aromatic rings. The second kappa shape index (κ2) is 6.85. The quantitative estimate of drug-likeness (QED) is 0.550. The number of fused-ring (bicyclic) bond motifs is 1. The average Bonchev–Trinajstić information content (AvgIpc) is 3.05. The lowest BCUT2D eigenvalue weighted by Crippen LogP contribution is -2.13. The molecule has 3 aromatic carbocycles. The number of carbonyl (C=O) groups excluding carboxylic acids is 1. The first-order chi connectivity index (χ1) is 13.0. The van der Waals surface area contributed by atoms with E-state index in [0.717, 1.165) is 22.3 Å². The summed E-state index contributed by atoms with van der Waals surface area (Å²) in [7, 11) is 0. The molecule has 0 bridgehead atoms. The van der Waals surface area contributed by atoms with Crippen molar-refractivity contribution in [2.75, 3.05) is 5.32 Å². The van der Waals surface area contributed by atoms with E-state index in [1.54, 1.807) is 16.9 Å². The van der Waals surface area contributed by atoms with Gasteiger partial charge in [-0.2, -0.15) is 4.80 Å². The monoisotopic (exact) mass is 376 g/mol. The van der Waals surface area contributed by atoms with Gasteiger partial charge in [-0.05, 0) is 61.4 Å². The zero-order valence-corrected chi connectivity index (χ0v) is 15.7. The van der Waals surface area contributed by atoms with Crippen molar-refractivity contribution in [1.82, 2.24) is 15.0 Å². The Morgan fingerprint density at radius 2 is 1.67 bits per heavy atom. The molecule has 6 heteroatoms. The van der Waals surface area contributed by atoms with E-state index in [9.17, 15) is 4.79 Å². The van der Waals surface area contributed by atoms with Gasteiger partial charge in [-0.3, -0.25) is 4.79 Å². The Kier molecular flexibility index (Phi) is 4.38. The lowest BCUT2D eigenvalue weighted by molar-refractivity contribution is 0.102. The Bertz CT molecular complexity index is 1150. The molecular weight excluding hydrogens is 360 g/mol. The highest BCUT2D eigenvalue weighted by molar-refractivity contribution is 6.34. The molecule has 0 aliphatic carbocycles. The Hall–Kier alpha value is -3.18. The predicted octanol–water partition coefficient (Wildman–Crippen LogP) is 4.94. The largest absolute Gasteiger partial charge is 0.322 e. The molecule has 5 nitrogen and oxygen atoms in total. The fourth-order valence-corrected chi connectivity index (χ4v) is 3.19. The molecule has 0 aliphatic heterocycles. The molecule has 0 spiro atoms. The second-order valence-corrected chi connectivity index (χ2v) is 6.83. The number of nitrogens with zero attached hydrogens (tertiary/aromatic N) is 3. The van der Waals surface area contributed by atoms with E-state index in [2.05, 4.69) is 15.5 Å². The first kappa shape index (κ1) is 17.2. The van der Waals surface area contributed by atoms with E-state index in [1.165, 1.54) is 0 Å². The fraction of sp³-hybridized carbons (Fsp3) is 0.0952. The normalized spacial score (nSPS) is 10.9. The van der Waals surface area contributed by atoms with Gasteiger partial charge in [0.05, 0.1) is 16.3 Å². The third-order valence-corrected chi connectivity index (χ3v) is 4.64. The molecule has 0 atom stereocenters. The summed E-state index contributed by atoms with van der Waals surface area (Å²) < 4.78 is 0. The zero-order chi connectivity index (χ0) is 19.0. The summed E-state index contributed by atoms with van der Waals surface area (Å²) in [6, 6.07) is 18.8. The van der Waals surface area contributed by atoms with Crippen molar-refractivity contribution in [3.63, 3.8) is 0 Å². The first-order valence-electron chi connectivity index (χ1n) is 8.52. The van der Waals surface area contributed by atoms with E-state index >= 15 is 0 Å². The lowest BCUT2D eigenvalue weighted by Gasteiger charge is -2.09. The van der Waals surface area contributed by atoms with Crippen LogP contribution in [-0.4, -0.2) is 20.9 Å². The maximum atomic E-state index is 12.6. The number of hydrogen-bond acceptors (Lipinski definition) is 3. The van der Waals surface area contributed by atoms with Crippen molar-refractivity contribution in [2.45, 2.75) is 13.8 Å². The van der Waals surface area contributed by atoms with Gasteiger partial charge in [0.2, 0.25) is 0 Å². The van der Waals surface area contributed by atoms with Gasteiger partial charge in [-0.25, -0.2) is 0 Å². The summed E-state index contributed by atoms with van der Waals surface area (Å²) in [5, 5.41) is 12.4. The number of hydrogen-bond donors (Lipinski definition) is 1. The van der Waals surface area contributed by atoms with Crippen LogP contribution in [-0.2, 0) is 0 Å². The smallest absolute Gasteiger partial charge is 0.257 e. The van der Waals surface area contributed by atoms with E-state index < -0.39 is 0 Å². The number of carbonyl (C=O) groups is 1. The van der Waals surface area contributed by atoms with Gasteiger partial charge < -0.3 is 5.32 Å². The van der Waals surface area contributed by atoms with Crippen molar-refractivity contribution in [3.8, 4) is 5.69 Å². The summed E-state index contributed by atoms with van der Waals surface area (Å²) in [5.74, 6) is -0.252. The van der Waals surface area contributed by atoms with E-state index in [4.69, 9.17) is 11.6 Å². The summed E-state index contributed by atoms with van der Waals surface area (Å²) in [6.45, 7) is 3.86. The van der Waals surface area contributed by atoms with E-state index in [-0.39, 0.29) is 5.91 Å². The Morgan fingerprint density at radius 1 is 0.963 bits per heavy atom. The SMILES string of the molecule is Cc1ccc(C(=O)Nc2cc3nn(-c4ccccc4)nc3cc2C)c(Cl)c1. The first-order valence-corrected chi connectivity index (χ1v) is 8.90. The second-order valence-electron chi connectivity index (χ2n) is 6.42. The van der Waals surface area contributed by atoms with Crippen LogP contribution in [0.25, 0.3) is 16.7 Å². The number of halogens is 1. The van der Waals surface area contributed by atoms with Gasteiger partial charge in [0.15, 0.2) is 0 Å². The Labute approximate surface area is 161 Å². The molecule has 1 N–H and O–H groups in total. The van der Waals surface area contributed by atoms with Crippen molar-refractivity contribution < 1.29 is 4.79 Å². The molecule has 0 unspecified atom stereocenters. The lowest BCUT2D eigenvalue weighted by atomic mass is 10.1. The molecule has 0 saturated heterocycles. The molecule has 27 heavy (non-hydrogen) atoms. The third-order valence-electron chi connectivity index (χ3n) is 4.33. The number of benzene rings is 3. The number of anilines is 1. The number of nitrogens with one attached hydrogen (secondary N) is 1. The van der Waals surface area contributed by atoms with Crippen LogP contribution in [0, 0.1) is 13.8 Å². The number of amides is 1. The van der Waals surface area contributed by atoms with Gasteiger partial charge in [0, 0.05) is 5.69 Å². The van der Waals surface area contributed by atoms with Crippen molar-refractivity contribution in [3.05, 3.63) is 82.4 Å². The Morgan fingerprint density at radius 3 is 2.37 bits per heavy atom. The maximum absolute atomic E-state index is 12.6. The van der Waals surface area contributed by atoms with Crippen LogP contribution in [0.5, 0.6) is 0 Å². The molecule has 0 radical (unpaired) electrons. The Balaban J connectivity index is 1.68. The standard InChI is InChI=1S/C21H17ClN4O/c1-13-8-9-16(17(22)10-13)21(27)23-18-12-20-19(11-14(18)2)24-26(25-20)15-6-4-3-5-7-15/h3-12H,1-2H3,(H,23,27). The molecule has 4 rings (SSSR count). The zero-order valence-electron chi connectivity index (χ0n) is 14.9. The summed E-state index contributed by atoms with van der Waals surface area (Å²) in [6.07, 6.45) is 0. The van der Waals surface area contributed by atoms with Gasteiger partial charge >= 0.3 is 0 Å². The van der Waals surface area contributed by atoms with Gasteiger partial charge in [0.1, 0.15) is 11.0 Å². The van der Waals surface area contributed by atoms with Crippen molar-refractivity contribution in [1.29, 1.82) is 0 Å². The number of rotatable bonds is 3. The van der Waals surface area contributed by atoms with Crippen LogP contribution >= 0.6 is 11.6 Å². The van der Waals surface area contributed by atoms with Crippen LogP contribution in [0.2, 0.25) is 5.02 Å². The van der Waals surface area contributed by atoms with Gasteiger partial charge in [-0.15, -0.1) is 10.2 Å². The molecule has 1 amide bonds. The average molecular weight is 377 g/mol. The topological polar surface area (TPSA) is 59.8 Å². The molecule has 0 saturated carbocycles. The van der Waals surface area contributed by atoms with Crippen LogP contribution < -0.4 is 5.32 Å². The number of aromatic nitrogens is 3. The fourth-order valence-electron chi connectivity index (χ4n) is 2.87. The minimum Gasteiger partial charge on any atom is -0.322 e. The molecule has 1 aromatic heterocycles. The highest BCUT2D eigenvalue weighted by Gasteiger charge is 2.14. The predicted molar refractivity (Wildman–Crippen MR) is 108 cm³/mol. The molecular formula is C21H17ClN4O. The van der Waals surface area contributed by atoms with Crippen molar-refractivity contribution in [2.24, 2.45) is 0 Å². The number of aryl methyl sites for hydroxylation is 2. The van der Waals surface area contributed by atoms with Crippen LogP contribution in [0.1, 0.15) is 21.5 Å². The van der Waals surface area contributed by atoms with Gasteiger partial charge in [-0.1, -0.05) is 35.9 Å². The summed E-state index contributed by atoms with van der Waals surface area (Å²) in [4.78, 5) is 14.2. The van der Waals surface area contributed by atoms with E-state index in [0.29, 0.717) is 21.8 Å². The maximum Gasteiger partial charge on any atom is 0.257 e. The van der Waals surface area contributed by atoms with E-state index in [1.807, 2.05) is 62.4 Å². The van der Waals surface area contributed by atoms with Crippen molar-refractivity contribution >= 4 is 34.2 Å². The van der Waals surface area contributed by atoms with Crippen LogP contribution in [0.15, 0.2) is 60.7 Å². The van der Waals surface area contributed by atoms with Crippen LogP contribution in [0.3, 0.4) is 0 Å². The van der Waals surface area contributed by atoms with Gasteiger partial charge in [0.25, 0.3) is 5.91 Å². The highest BCUT2D eigenvalue weighted by atomic mass is 35.5. The summed E-state index contributed by atoms with van der Waals surface area (Å²) in [5.41, 5.74) is 5.38. The third kappa shape index (κ3) is 3.41. The van der Waals surface area contributed by atoms with Crippen LogP contribution in [0.4, 0.5) is 5.69 Å². The highest BCUT2D eigenvalue weighted by Crippen LogP contribution is 2.24. The molecule has 134 valence electrons. The minimum absolute atomic E-state index is 0.252. The summed E-state index contributed by atoms with van der Waals surface area (Å²) >= 11 is 6.21. The number of para-hydroxylation sites is 1. The minimum atomic E-state index is -0.252. The molecule has 1 heterocycles.